The largest absolute Gasteiger partial charge is 0.744 e. The van der Waals surface area contributed by atoms with Gasteiger partial charge in [0.25, 0.3) is 0 Å². The number of esters is 1. The Balaban J connectivity index is 1.79. The van der Waals surface area contributed by atoms with Gasteiger partial charge >= 0.3 is 5.97 Å². The first-order valence-electron chi connectivity index (χ1n) is 14.1. The van der Waals surface area contributed by atoms with Gasteiger partial charge in [0.2, 0.25) is 0 Å². The zero-order valence-electron chi connectivity index (χ0n) is 22.7. The lowest BCUT2D eigenvalue weighted by molar-refractivity contribution is 0.0734. The molecule has 0 saturated heterocycles. The zero-order chi connectivity index (χ0) is 26.7. The van der Waals surface area contributed by atoms with Crippen LogP contribution in [0, 0.1) is 0 Å². The molecule has 0 bridgehead atoms. The molecule has 0 atom stereocenters. The van der Waals surface area contributed by atoms with Crippen molar-refractivity contribution in [3.8, 4) is 5.75 Å². The van der Waals surface area contributed by atoms with Gasteiger partial charge in [-0.3, -0.25) is 0 Å². The van der Waals surface area contributed by atoms with Gasteiger partial charge in [-0.15, -0.1) is 0 Å². The monoisotopic (exact) mass is 525 g/mol. The first kappa shape index (κ1) is 27.8. The highest BCUT2D eigenvalue weighted by Crippen LogP contribution is 2.44. The Bertz CT molecular complexity index is 1150. The Labute approximate surface area is 222 Å². The van der Waals surface area contributed by atoms with E-state index in [9.17, 15) is 17.8 Å². The number of benzene rings is 2. The van der Waals surface area contributed by atoms with Crippen LogP contribution < -0.4 is 4.74 Å². The molecular weight excluding hydrogens is 484 g/mol. The second kappa shape index (κ2) is 11.7. The SMILES string of the molecule is CC(C)c1cc(C(=O)Oc2cc(C3CCCCC3)c(S(=O)(=O)[O-])c(C3CCCCC3)c2)cc(C(C)C)c1. The summed E-state index contributed by atoms with van der Waals surface area (Å²) in [7, 11) is -4.68. The summed E-state index contributed by atoms with van der Waals surface area (Å²) in [6, 6.07) is 9.25. The highest BCUT2D eigenvalue weighted by molar-refractivity contribution is 7.85. The number of rotatable bonds is 7. The average molecular weight is 526 g/mol. The molecule has 5 nitrogen and oxygen atoms in total. The Morgan fingerprint density at radius 1 is 0.757 bits per heavy atom. The molecule has 0 amide bonds. The molecule has 0 heterocycles. The lowest BCUT2D eigenvalue weighted by Gasteiger charge is -2.31. The molecule has 2 fully saturated rings. The van der Waals surface area contributed by atoms with E-state index in [1.807, 2.05) is 12.1 Å². The highest BCUT2D eigenvalue weighted by Gasteiger charge is 2.29. The minimum atomic E-state index is -4.68. The first-order chi connectivity index (χ1) is 17.5. The summed E-state index contributed by atoms with van der Waals surface area (Å²) in [5.74, 6) is 0.409. The fraction of sp³-hybridized carbons (Fsp3) is 0.581. The Morgan fingerprint density at radius 3 is 1.57 bits per heavy atom. The molecular formula is C31H41O5S-. The average Bonchev–Trinajstić information content (AvgIpc) is 2.88. The van der Waals surface area contributed by atoms with Crippen LogP contribution in [0.5, 0.6) is 5.75 Å². The molecule has 0 aliphatic heterocycles. The standard InChI is InChI=1S/C31H42O5S/c1-20(2)24-15-25(21(3)4)17-26(16-24)31(32)36-27-18-28(22-11-7-5-8-12-22)30(37(33,34)35)29(19-27)23-13-9-6-10-14-23/h15-23H,5-14H2,1-4H3,(H,33,34,35)/p-1. The summed E-state index contributed by atoms with van der Waals surface area (Å²) in [6.45, 7) is 8.40. The normalized spacial score (nSPS) is 17.9. The minimum Gasteiger partial charge on any atom is -0.744 e. The molecule has 37 heavy (non-hydrogen) atoms. The van der Waals surface area contributed by atoms with Gasteiger partial charge in [0, 0.05) is 0 Å². The summed E-state index contributed by atoms with van der Waals surface area (Å²) in [5, 5.41) is 0. The minimum absolute atomic E-state index is 0.00900. The predicted molar refractivity (Wildman–Crippen MR) is 146 cm³/mol. The lowest BCUT2D eigenvalue weighted by atomic mass is 9.79. The summed E-state index contributed by atoms with van der Waals surface area (Å²) in [4.78, 5) is 13.4. The van der Waals surface area contributed by atoms with E-state index in [-0.39, 0.29) is 28.6 Å². The smallest absolute Gasteiger partial charge is 0.343 e. The third-order valence-electron chi connectivity index (χ3n) is 8.22. The molecule has 2 aliphatic rings. The number of carbonyl (C=O) groups excluding carboxylic acids is 1. The molecule has 0 radical (unpaired) electrons. The van der Waals surface area contributed by atoms with Crippen LogP contribution in [-0.2, 0) is 10.1 Å². The van der Waals surface area contributed by atoms with Gasteiger partial charge in [-0.05, 0) is 95.9 Å². The number of ether oxygens (including phenoxy) is 1. The Hall–Kier alpha value is -2.18. The molecule has 4 rings (SSSR count). The van der Waals surface area contributed by atoms with Gasteiger partial charge in [-0.2, -0.15) is 0 Å². The molecule has 2 aromatic carbocycles. The molecule has 0 N–H and O–H groups in total. The van der Waals surface area contributed by atoms with E-state index in [1.54, 1.807) is 12.1 Å². The number of carbonyl (C=O) groups is 1. The van der Waals surface area contributed by atoms with Crippen molar-refractivity contribution in [2.75, 3.05) is 0 Å². The lowest BCUT2D eigenvalue weighted by Crippen LogP contribution is -2.18. The maximum absolute atomic E-state index is 13.4. The van der Waals surface area contributed by atoms with Crippen LogP contribution in [0.4, 0.5) is 0 Å². The van der Waals surface area contributed by atoms with Crippen molar-refractivity contribution < 1.29 is 22.5 Å². The van der Waals surface area contributed by atoms with Crippen LogP contribution in [0.1, 0.15) is 148 Å². The van der Waals surface area contributed by atoms with E-state index in [0.29, 0.717) is 22.4 Å². The van der Waals surface area contributed by atoms with Crippen LogP contribution >= 0.6 is 0 Å². The van der Waals surface area contributed by atoms with Gasteiger partial charge < -0.3 is 9.29 Å². The predicted octanol–water partition coefficient (Wildman–Crippen LogP) is 8.15. The van der Waals surface area contributed by atoms with Crippen molar-refractivity contribution >= 4 is 16.1 Å². The van der Waals surface area contributed by atoms with Gasteiger partial charge in [0.05, 0.1) is 10.5 Å². The molecule has 202 valence electrons. The van der Waals surface area contributed by atoms with Crippen molar-refractivity contribution in [1.29, 1.82) is 0 Å². The molecule has 6 heteroatoms. The van der Waals surface area contributed by atoms with E-state index >= 15 is 0 Å². The summed E-state index contributed by atoms with van der Waals surface area (Å²) in [5.41, 5.74) is 3.76. The maximum Gasteiger partial charge on any atom is 0.343 e. The van der Waals surface area contributed by atoms with Crippen molar-refractivity contribution in [2.24, 2.45) is 0 Å². The maximum atomic E-state index is 13.4. The summed E-state index contributed by atoms with van der Waals surface area (Å²) < 4.78 is 43.9. The third kappa shape index (κ3) is 6.64. The molecule has 2 aliphatic carbocycles. The van der Waals surface area contributed by atoms with E-state index in [0.717, 1.165) is 75.3 Å². The first-order valence-corrected chi connectivity index (χ1v) is 15.5. The van der Waals surface area contributed by atoms with Gasteiger partial charge in [-0.1, -0.05) is 72.3 Å². The van der Waals surface area contributed by atoms with Crippen molar-refractivity contribution in [1.82, 2.24) is 0 Å². The van der Waals surface area contributed by atoms with Gasteiger partial charge in [0.1, 0.15) is 15.9 Å². The third-order valence-corrected chi connectivity index (χ3v) is 9.19. The van der Waals surface area contributed by atoms with Crippen LogP contribution in [0.15, 0.2) is 35.2 Å². The Morgan fingerprint density at radius 2 is 1.19 bits per heavy atom. The zero-order valence-corrected chi connectivity index (χ0v) is 23.5. The van der Waals surface area contributed by atoms with Crippen molar-refractivity contribution in [3.63, 3.8) is 0 Å². The number of hydrogen-bond acceptors (Lipinski definition) is 5. The molecule has 0 unspecified atom stereocenters. The van der Waals surface area contributed by atoms with Crippen LogP contribution in [-0.4, -0.2) is 18.9 Å². The van der Waals surface area contributed by atoms with Crippen molar-refractivity contribution in [2.45, 2.75) is 120 Å². The van der Waals surface area contributed by atoms with E-state index in [2.05, 4.69) is 33.8 Å². The fourth-order valence-electron chi connectivity index (χ4n) is 6.05. The van der Waals surface area contributed by atoms with Crippen LogP contribution in [0.25, 0.3) is 0 Å². The van der Waals surface area contributed by atoms with Crippen LogP contribution in [0.3, 0.4) is 0 Å². The summed E-state index contributed by atoms with van der Waals surface area (Å²) in [6.07, 6.45) is 9.64. The quantitative estimate of drug-likeness (QED) is 0.207. The fourth-order valence-corrected chi connectivity index (χ4v) is 7.08. The van der Waals surface area contributed by atoms with Crippen LogP contribution in [0.2, 0.25) is 0 Å². The Kier molecular flexibility index (Phi) is 8.80. The highest BCUT2D eigenvalue weighted by atomic mass is 32.2. The number of hydrogen-bond donors (Lipinski definition) is 0. The second-order valence-electron chi connectivity index (χ2n) is 11.6. The van der Waals surface area contributed by atoms with Gasteiger partial charge in [0.15, 0.2) is 0 Å². The summed E-state index contributed by atoms with van der Waals surface area (Å²) >= 11 is 0. The van der Waals surface area contributed by atoms with E-state index in [1.165, 1.54) is 0 Å². The molecule has 0 aromatic heterocycles. The molecule has 0 spiro atoms. The second-order valence-corrected chi connectivity index (χ2v) is 13.0. The van der Waals surface area contributed by atoms with Crippen molar-refractivity contribution in [3.05, 3.63) is 58.1 Å². The molecule has 2 saturated carbocycles. The van der Waals surface area contributed by atoms with E-state index < -0.39 is 16.1 Å². The molecule has 2 aromatic rings. The van der Waals surface area contributed by atoms with E-state index in [4.69, 9.17) is 4.74 Å². The topological polar surface area (TPSA) is 83.5 Å². The van der Waals surface area contributed by atoms with Gasteiger partial charge in [-0.25, -0.2) is 13.2 Å².